The third kappa shape index (κ3) is 5.86. The number of nitrogens with one attached hydrogen (secondary N) is 1. The van der Waals surface area contributed by atoms with E-state index in [1.54, 1.807) is 19.1 Å². The van der Waals surface area contributed by atoms with Crippen molar-refractivity contribution in [2.45, 2.75) is 25.9 Å². The second kappa shape index (κ2) is 10.3. The number of sulfonamides is 1. The first-order valence-corrected chi connectivity index (χ1v) is 12.6. The summed E-state index contributed by atoms with van der Waals surface area (Å²) in [5.74, 6) is -0.0312. The fraction of sp³-hybridized carbons (Fsp3) is 0.240. The van der Waals surface area contributed by atoms with Gasteiger partial charge in [-0.1, -0.05) is 71.8 Å². The van der Waals surface area contributed by atoms with Crippen LogP contribution in [0.5, 0.6) is 5.75 Å². The number of nitrogens with zero attached hydrogens (tertiary/aromatic N) is 1. The Labute approximate surface area is 200 Å². The van der Waals surface area contributed by atoms with Crippen LogP contribution in [0.1, 0.15) is 29.7 Å². The van der Waals surface area contributed by atoms with Crippen LogP contribution in [0.4, 0.5) is 5.69 Å². The van der Waals surface area contributed by atoms with Crippen molar-refractivity contribution in [1.82, 2.24) is 5.32 Å². The Bertz CT molecular complexity index is 1210. The zero-order valence-corrected chi connectivity index (χ0v) is 20.5. The number of hydrogen-bond acceptors (Lipinski definition) is 4. The van der Waals surface area contributed by atoms with E-state index in [9.17, 15) is 13.2 Å². The molecule has 0 saturated heterocycles. The molecule has 0 radical (unpaired) electrons. The summed E-state index contributed by atoms with van der Waals surface area (Å²) in [6.45, 7) is 3.54. The molecule has 0 aliphatic carbocycles. The van der Waals surface area contributed by atoms with Crippen molar-refractivity contribution in [1.29, 1.82) is 0 Å². The second-order valence-electron chi connectivity index (χ2n) is 7.82. The second-order valence-corrected chi connectivity index (χ2v) is 10.1. The molecule has 0 spiro atoms. The van der Waals surface area contributed by atoms with Gasteiger partial charge in [0.25, 0.3) is 0 Å². The number of halogens is 1. The summed E-state index contributed by atoms with van der Waals surface area (Å²) in [7, 11) is -2.32. The van der Waals surface area contributed by atoms with E-state index >= 15 is 0 Å². The SMILES string of the molecule is COc1ccc(N([C@@H](C)C(=O)N[C@@H](c2ccccc2)c2ccc(C)cc2)S(C)(=O)=O)cc1Cl. The molecule has 1 amide bonds. The van der Waals surface area contributed by atoms with E-state index in [0.29, 0.717) is 5.75 Å². The molecule has 0 aliphatic heterocycles. The van der Waals surface area contributed by atoms with E-state index in [2.05, 4.69) is 5.32 Å². The molecule has 33 heavy (non-hydrogen) atoms. The number of hydrogen-bond donors (Lipinski definition) is 1. The number of carbonyl (C=O) groups is 1. The van der Waals surface area contributed by atoms with Crippen LogP contribution in [0.2, 0.25) is 5.02 Å². The van der Waals surface area contributed by atoms with E-state index in [0.717, 1.165) is 27.3 Å². The van der Waals surface area contributed by atoms with Crippen molar-refractivity contribution in [2.24, 2.45) is 0 Å². The zero-order chi connectivity index (χ0) is 24.2. The Morgan fingerprint density at radius 3 is 2.15 bits per heavy atom. The maximum atomic E-state index is 13.4. The van der Waals surface area contributed by atoms with Crippen LogP contribution < -0.4 is 14.4 Å². The molecule has 0 saturated carbocycles. The van der Waals surface area contributed by atoms with Crippen LogP contribution in [0.25, 0.3) is 0 Å². The molecule has 174 valence electrons. The van der Waals surface area contributed by atoms with Crippen molar-refractivity contribution < 1.29 is 17.9 Å². The molecule has 2 atom stereocenters. The fourth-order valence-corrected chi connectivity index (χ4v) is 5.05. The molecule has 6 nitrogen and oxygen atoms in total. The zero-order valence-electron chi connectivity index (χ0n) is 18.9. The molecule has 0 unspecified atom stereocenters. The lowest BCUT2D eigenvalue weighted by atomic mass is 9.97. The standard InChI is InChI=1S/C25H27ClN2O4S/c1-17-10-12-20(13-11-17)24(19-8-6-5-7-9-19)27-25(29)18(2)28(33(4,30)31)21-14-15-23(32-3)22(26)16-21/h5-16,18,24H,1-4H3,(H,27,29)/t18-,24-/m0/s1. The number of rotatable bonds is 8. The number of anilines is 1. The lowest BCUT2D eigenvalue weighted by molar-refractivity contribution is -0.122. The maximum absolute atomic E-state index is 13.4. The predicted molar refractivity (Wildman–Crippen MR) is 132 cm³/mol. The van der Waals surface area contributed by atoms with Gasteiger partial charge in [0.05, 0.1) is 30.1 Å². The molecule has 0 fully saturated rings. The summed E-state index contributed by atoms with van der Waals surface area (Å²) in [5, 5.41) is 3.27. The average molecular weight is 487 g/mol. The maximum Gasteiger partial charge on any atom is 0.244 e. The summed E-state index contributed by atoms with van der Waals surface area (Å²) in [6, 6.07) is 20.5. The smallest absolute Gasteiger partial charge is 0.244 e. The van der Waals surface area contributed by atoms with Gasteiger partial charge in [0, 0.05) is 0 Å². The van der Waals surface area contributed by atoms with Crippen molar-refractivity contribution in [3.8, 4) is 5.75 Å². The van der Waals surface area contributed by atoms with Gasteiger partial charge in [-0.15, -0.1) is 0 Å². The van der Waals surface area contributed by atoms with Gasteiger partial charge >= 0.3 is 0 Å². The van der Waals surface area contributed by atoms with Crippen LogP contribution in [-0.2, 0) is 14.8 Å². The molecular formula is C25H27ClN2O4S. The van der Waals surface area contributed by atoms with Gasteiger partial charge < -0.3 is 10.1 Å². The minimum atomic E-state index is -3.80. The van der Waals surface area contributed by atoms with E-state index in [1.807, 2.05) is 61.5 Å². The number of carbonyl (C=O) groups excluding carboxylic acids is 1. The Balaban J connectivity index is 1.96. The lowest BCUT2D eigenvalue weighted by Crippen LogP contribution is -2.48. The Kier molecular flexibility index (Phi) is 7.66. The first-order valence-electron chi connectivity index (χ1n) is 10.4. The van der Waals surface area contributed by atoms with E-state index in [1.165, 1.54) is 13.2 Å². The summed E-state index contributed by atoms with van der Waals surface area (Å²) in [5.41, 5.74) is 3.16. The highest BCUT2D eigenvalue weighted by Crippen LogP contribution is 2.31. The highest BCUT2D eigenvalue weighted by atomic mass is 35.5. The summed E-state index contributed by atoms with van der Waals surface area (Å²) >= 11 is 6.22. The van der Waals surface area contributed by atoms with Crippen molar-refractivity contribution in [3.05, 3.63) is 94.5 Å². The number of benzene rings is 3. The molecule has 1 N–H and O–H groups in total. The van der Waals surface area contributed by atoms with Gasteiger partial charge in [-0.3, -0.25) is 9.10 Å². The molecule has 8 heteroatoms. The summed E-state index contributed by atoms with van der Waals surface area (Å²) in [6.07, 6.45) is 1.06. The highest BCUT2D eigenvalue weighted by molar-refractivity contribution is 7.92. The normalized spacial score (nSPS) is 13.1. The quantitative estimate of drug-likeness (QED) is 0.500. The van der Waals surface area contributed by atoms with Crippen molar-refractivity contribution in [2.75, 3.05) is 17.7 Å². The number of ether oxygens (including phenoxy) is 1. The topological polar surface area (TPSA) is 75.7 Å². The number of aryl methyl sites for hydroxylation is 1. The van der Waals surface area contributed by atoms with Gasteiger partial charge in [-0.25, -0.2) is 8.42 Å². The van der Waals surface area contributed by atoms with E-state index in [4.69, 9.17) is 16.3 Å². The monoisotopic (exact) mass is 486 g/mol. The Morgan fingerprint density at radius 1 is 1.00 bits per heavy atom. The summed E-state index contributed by atoms with van der Waals surface area (Å²) < 4.78 is 31.6. The Hall–Kier alpha value is -3.03. The van der Waals surface area contributed by atoms with Crippen molar-refractivity contribution in [3.63, 3.8) is 0 Å². The lowest BCUT2D eigenvalue weighted by Gasteiger charge is -2.30. The van der Waals surface area contributed by atoms with E-state index < -0.39 is 28.0 Å². The van der Waals surface area contributed by atoms with E-state index in [-0.39, 0.29) is 10.7 Å². The molecular weight excluding hydrogens is 460 g/mol. The van der Waals surface area contributed by atoms with Crippen LogP contribution in [0, 0.1) is 6.92 Å². The average Bonchev–Trinajstić information content (AvgIpc) is 2.78. The third-order valence-corrected chi connectivity index (χ3v) is 6.85. The van der Waals surface area contributed by atoms with Crippen LogP contribution >= 0.6 is 11.6 Å². The molecule has 3 rings (SSSR count). The summed E-state index contributed by atoms with van der Waals surface area (Å²) in [4.78, 5) is 13.4. The first kappa shape index (κ1) is 24.6. The third-order valence-electron chi connectivity index (χ3n) is 5.31. The van der Waals surface area contributed by atoms with Crippen LogP contribution in [0.3, 0.4) is 0 Å². The van der Waals surface area contributed by atoms with Gasteiger partial charge in [0.1, 0.15) is 11.8 Å². The van der Waals surface area contributed by atoms with Crippen LogP contribution in [0.15, 0.2) is 72.8 Å². The van der Waals surface area contributed by atoms with Crippen molar-refractivity contribution >= 4 is 33.2 Å². The number of amides is 1. The van der Waals surface area contributed by atoms with Gasteiger partial charge in [0.2, 0.25) is 15.9 Å². The minimum Gasteiger partial charge on any atom is -0.495 e. The Morgan fingerprint density at radius 2 is 1.61 bits per heavy atom. The fourth-order valence-electron chi connectivity index (χ4n) is 3.63. The molecule has 3 aromatic rings. The molecule has 0 bridgehead atoms. The molecule has 0 aliphatic rings. The predicted octanol–water partition coefficient (Wildman–Crippen LogP) is 4.72. The highest BCUT2D eigenvalue weighted by Gasteiger charge is 2.31. The van der Waals surface area contributed by atoms with Crippen LogP contribution in [-0.4, -0.2) is 33.7 Å². The molecule has 0 heterocycles. The van der Waals surface area contributed by atoms with Gasteiger partial charge in [0.15, 0.2) is 0 Å². The number of methoxy groups -OCH3 is 1. The molecule has 3 aromatic carbocycles. The van der Waals surface area contributed by atoms with Gasteiger partial charge in [-0.05, 0) is 43.2 Å². The largest absolute Gasteiger partial charge is 0.495 e. The minimum absolute atomic E-state index is 0.248. The first-order chi connectivity index (χ1) is 15.6. The van der Waals surface area contributed by atoms with Gasteiger partial charge in [-0.2, -0.15) is 0 Å². The molecule has 0 aromatic heterocycles.